The van der Waals surface area contributed by atoms with Crippen LogP contribution < -0.4 is 0 Å². The molecular formula is C18H20ClN3. The summed E-state index contributed by atoms with van der Waals surface area (Å²) >= 11 is 6.47. The summed E-state index contributed by atoms with van der Waals surface area (Å²) in [5.74, 6) is 0.952. The van der Waals surface area contributed by atoms with Crippen LogP contribution in [0.25, 0.3) is 0 Å². The average Bonchev–Trinajstić information content (AvgIpc) is 3.28. The molecule has 22 heavy (non-hydrogen) atoms. The quantitative estimate of drug-likeness (QED) is 0.808. The number of hydrogen-bond donors (Lipinski definition) is 0. The Bertz CT molecular complexity index is 695. The van der Waals surface area contributed by atoms with E-state index in [0.717, 1.165) is 43.1 Å². The highest BCUT2D eigenvalue weighted by Gasteiger charge is 2.43. The Balaban J connectivity index is 1.56. The van der Waals surface area contributed by atoms with Crippen LogP contribution in [0.4, 0.5) is 0 Å². The second-order valence-electron chi connectivity index (χ2n) is 6.77. The van der Waals surface area contributed by atoms with E-state index in [4.69, 9.17) is 16.6 Å². The first-order chi connectivity index (χ1) is 10.6. The van der Waals surface area contributed by atoms with Gasteiger partial charge in [0.15, 0.2) is 0 Å². The van der Waals surface area contributed by atoms with Crippen LogP contribution in [0.15, 0.2) is 30.3 Å². The molecule has 4 rings (SSSR count). The number of aromatic nitrogens is 2. The first-order valence-corrected chi connectivity index (χ1v) is 8.34. The Morgan fingerprint density at radius 1 is 1.18 bits per heavy atom. The second kappa shape index (κ2) is 5.32. The number of rotatable bonds is 3. The lowest BCUT2D eigenvalue weighted by Crippen LogP contribution is -2.31. The Kier molecular flexibility index (Phi) is 3.43. The molecule has 0 atom stereocenters. The summed E-state index contributed by atoms with van der Waals surface area (Å²) in [7, 11) is 0. The van der Waals surface area contributed by atoms with Crippen molar-refractivity contribution >= 4 is 11.6 Å². The first-order valence-electron chi connectivity index (χ1n) is 7.96. The fourth-order valence-corrected chi connectivity index (χ4v) is 3.34. The van der Waals surface area contributed by atoms with Crippen LogP contribution in [0.1, 0.15) is 42.4 Å². The van der Waals surface area contributed by atoms with Crippen molar-refractivity contribution in [2.45, 2.75) is 44.7 Å². The summed E-state index contributed by atoms with van der Waals surface area (Å²) in [6.45, 7) is 5.07. The highest BCUT2D eigenvalue weighted by atomic mass is 35.5. The van der Waals surface area contributed by atoms with Gasteiger partial charge in [-0.1, -0.05) is 48.9 Å². The van der Waals surface area contributed by atoms with Gasteiger partial charge in [-0.2, -0.15) is 0 Å². The normalized spacial score (nSPS) is 19.7. The van der Waals surface area contributed by atoms with Gasteiger partial charge in [0.05, 0.1) is 5.69 Å². The molecule has 114 valence electrons. The first kappa shape index (κ1) is 14.2. The molecule has 3 nitrogen and oxygen atoms in total. The summed E-state index contributed by atoms with van der Waals surface area (Å²) in [5.41, 5.74) is 3.80. The van der Waals surface area contributed by atoms with Gasteiger partial charge >= 0.3 is 0 Å². The smallest absolute Gasteiger partial charge is 0.137 e. The molecule has 1 fully saturated rings. The lowest BCUT2D eigenvalue weighted by Gasteiger charge is -2.29. The average molecular weight is 314 g/mol. The molecule has 0 amide bonds. The van der Waals surface area contributed by atoms with Gasteiger partial charge in [-0.25, -0.2) is 9.97 Å². The SMILES string of the molecule is CC1(c2nc(Cl)c3c(n2)CCN(Cc2ccccc2)C3)CC1. The van der Waals surface area contributed by atoms with Crippen LogP contribution in [0, 0.1) is 0 Å². The third-order valence-corrected chi connectivity index (χ3v) is 5.19. The lowest BCUT2D eigenvalue weighted by molar-refractivity contribution is 0.242. The van der Waals surface area contributed by atoms with Crippen molar-refractivity contribution in [1.82, 2.24) is 14.9 Å². The third-order valence-electron chi connectivity index (χ3n) is 4.88. The van der Waals surface area contributed by atoms with E-state index in [1.165, 1.54) is 18.4 Å². The van der Waals surface area contributed by atoms with Crippen molar-refractivity contribution in [3.63, 3.8) is 0 Å². The van der Waals surface area contributed by atoms with Crippen molar-refractivity contribution in [2.24, 2.45) is 0 Å². The molecule has 1 aromatic carbocycles. The van der Waals surface area contributed by atoms with Crippen LogP contribution in [0.5, 0.6) is 0 Å². The summed E-state index contributed by atoms with van der Waals surface area (Å²) in [6, 6.07) is 10.6. The zero-order valence-electron chi connectivity index (χ0n) is 12.8. The zero-order chi connectivity index (χ0) is 15.2. The molecule has 0 N–H and O–H groups in total. The molecule has 0 unspecified atom stereocenters. The van der Waals surface area contributed by atoms with Crippen LogP contribution >= 0.6 is 11.6 Å². The van der Waals surface area contributed by atoms with Crippen LogP contribution in [-0.2, 0) is 24.9 Å². The van der Waals surface area contributed by atoms with Gasteiger partial charge in [0.2, 0.25) is 0 Å². The molecule has 4 heteroatoms. The fourth-order valence-electron chi connectivity index (χ4n) is 3.09. The molecule has 1 saturated carbocycles. The Labute approximate surface area is 136 Å². The summed E-state index contributed by atoms with van der Waals surface area (Å²) in [4.78, 5) is 11.8. The number of benzene rings is 1. The van der Waals surface area contributed by atoms with Crippen molar-refractivity contribution in [3.05, 3.63) is 58.1 Å². The highest BCUT2D eigenvalue weighted by Crippen LogP contribution is 2.46. The van der Waals surface area contributed by atoms with E-state index in [2.05, 4.69) is 47.1 Å². The van der Waals surface area contributed by atoms with Crippen molar-refractivity contribution in [1.29, 1.82) is 0 Å². The molecule has 2 heterocycles. The molecule has 1 aliphatic heterocycles. The zero-order valence-corrected chi connectivity index (χ0v) is 13.6. The predicted molar refractivity (Wildman–Crippen MR) is 87.9 cm³/mol. The molecule has 2 aromatic rings. The van der Waals surface area contributed by atoms with E-state index in [1.54, 1.807) is 0 Å². The standard InChI is InChI=1S/C18H20ClN3/c1-18(8-9-18)17-20-15-7-10-22(12-14(15)16(19)21-17)11-13-5-3-2-4-6-13/h2-6H,7-12H2,1H3. The Morgan fingerprint density at radius 2 is 1.95 bits per heavy atom. The van der Waals surface area contributed by atoms with Gasteiger partial charge in [-0.15, -0.1) is 0 Å². The van der Waals surface area contributed by atoms with E-state index in [-0.39, 0.29) is 5.41 Å². The van der Waals surface area contributed by atoms with Crippen LogP contribution in [-0.4, -0.2) is 21.4 Å². The third kappa shape index (κ3) is 2.64. The highest BCUT2D eigenvalue weighted by molar-refractivity contribution is 6.30. The molecule has 0 saturated heterocycles. The predicted octanol–water partition coefficient (Wildman–Crippen LogP) is 3.74. The monoisotopic (exact) mass is 313 g/mol. The topological polar surface area (TPSA) is 29.0 Å². The molecule has 1 aromatic heterocycles. The lowest BCUT2D eigenvalue weighted by atomic mass is 10.0. The van der Waals surface area contributed by atoms with Gasteiger partial charge in [-0.05, 0) is 18.4 Å². The largest absolute Gasteiger partial charge is 0.294 e. The molecule has 2 aliphatic rings. The summed E-state index contributed by atoms with van der Waals surface area (Å²) in [5, 5.41) is 0.658. The minimum atomic E-state index is 0.180. The van der Waals surface area contributed by atoms with E-state index < -0.39 is 0 Å². The molecule has 0 bridgehead atoms. The van der Waals surface area contributed by atoms with Crippen LogP contribution in [0.3, 0.4) is 0 Å². The minimum absolute atomic E-state index is 0.180. The molecule has 1 aliphatic carbocycles. The van der Waals surface area contributed by atoms with Gasteiger partial charge in [0.1, 0.15) is 11.0 Å². The van der Waals surface area contributed by atoms with E-state index >= 15 is 0 Å². The number of hydrogen-bond acceptors (Lipinski definition) is 3. The summed E-state index contributed by atoms with van der Waals surface area (Å²) in [6.07, 6.45) is 3.33. The van der Waals surface area contributed by atoms with Gasteiger partial charge in [0.25, 0.3) is 0 Å². The van der Waals surface area contributed by atoms with Crippen molar-refractivity contribution < 1.29 is 0 Å². The maximum absolute atomic E-state index is 6.47. The number of fused-ring (bicyclic) bond motifs is 1. The van der Waals surface area contributed by atoms with E-state index in [1.807, 2.05) is 0 Å². The molecule has 0 spiro atoms. The van der Waals surface area contributed by atoms with Crippen LogP contribution in [0.2, 0.25) is 5.15 Å². The maximum Gasteiger partial charge on any atom is 0.137 e. The van der Waals surface area contributed by atoms with E-state index in [0.29, 0.717) is 5.15 Å². The second-order valence-corrected chi connectivity index (χ2v) is 7.13. The fraction of sp³-hybridized carbons (Fsp3) is 0.444. The Morgan fingerprint density at radius 3 is 2.68 bits per heavy atom. The number of nitrogens with zero attached hydrogens (tertiary/aromatic N) is 3. The van der Waals surface area contributed by atoms with E-state index in [9.17, 15) is 0 Å². The summed E-state index contributed by atoms with van der Waals surface area (Å²) < 4.78 is 0. The minimum Gasteiger partial charge on any atom is -0.294 e. The van der Waals surface area contributed by atoms with Gasteiger partial charge < -0.3 is 0 Å². The maximum atomic E-state index is 6.47. The van der Waals surface area contributed by atoms with Crippen molar-refractivity contribution in [3.8, 4) is 0 Å². The van der Waals surface area contributed by atoms with Gasteiger partial charge in [-0.3, -0.25) is 4.90 Å². The Hall–Kier alpha value is -1.45. The van der Waals surface area contributed by atoms with Crippen molar-refractivity contribution in [2.75, 3.05) is 6.54 Å². The molecule has 0 radical (unpaired) electrons. The molecular weight excluding hydrogens is 294 g/mol. The number of halogens is 1. The van der Waals surface area contributed by atoms with Gasteiger partial charge in [0, 0.05) is 37.0 Å².